The second kappa shape index (κ2) is 10.3. The number of amides is 1. The van der Waals surface area contributed by atoms with Crippen LogP contribution in [0.5, 0.6) is 5.75 Å². The van der Waals surface area contributed by atoms with Gasteiger partial charge in [-0.15, -0.1) is 0 Å². The monoisotopic (exact) mass is 577 g/mol. The van der Waals surface area contributed by atoms with Gasteiger partial charge in [0.2, 0.25) is 5.91 Å². The summed E-state index contributed by atoms with van der Waals surface area (Å²) in [7, 11) is 1.19. The van der Waals surface area contributed by atoms with Crippen LogP contribution >= 0.6 is 0 Å². The van der Waals surface area contributed by atoms with Crippen molar-refractivity contribution in [2.24, 2.45) is 5.73 Å². The van der Waals surface area contributed by atoms with E-state index >= 15 is 8.78 Å². The van der Waals surface area contributed by atoms with Crippen molar-refractivity contribution in [1.82, 2.24) is 14.6 Å². The summed E-state index contributed by atoms with van der Waals surface area (Å²) in [6.07, 6.45) is -2.63. The first-order valence-corrected chi connectivity index (χ1v) is 12.7. The average molecular weight is 578 g/mol. The number of hydrogen-bond donors (Lipinski definition) is 2. The Bertz CT molecular complexity index is 1650. The molecule has 1 saturated carbocycles. The molecule has 13 heteroatoms. The highest BCUT2D eigenvalue weighted by Crippen LogP contribution is 2.47. The minimum Gasteiger partial charge on any atom is -0.494 e. The first-order chi connectivity index (χ1) is 19.3. The number of hydrogen-bond acceptors (Lipinski definition) is 5. The van der Waals surface area contributed by atoms with Gasteiger partial charge in [0.1, 0.15) is 5.69 Å². The zero-order chi connectivity index (χ0) is 29.7. The van der Waals surface area contributed by atoms with Gasteiger partial charge >= 0.3 is 12.1 Å². The summed E-state index contributed by atoms with van der Waals surface area (Å²) in [5.74, 6) is -5.62. The molecule has 0 aliphatic heterocycles. The van der Waals surface area contributed by atoms with Crippen LogP contribution in [0.1, 0.15) is 57.9 Å². The van der Waals surface area contributed by atoms with E-state index in [1.807, 2.05) is 0 Å². The first kappa shape index (κ1) is 28.2. The van der Waals surface area contributed by atoms with Gasteiger partial charge in [-0.1, -0.05) is 6.07 Å². The normalized spacial score (nSPS) is 14.0. The van der Waals surface area contributed by atoms with Crippen molar-refractivity contribution in [2.75, 3.05) is 19.0 Å². The fraction of sp³-hybridized carbons (Fsp3) is 0.321. The number of imidazole rings is 1. The first-order valence-electron chi connectivity index (χ1n) is 12.7. The molecule has 7 nitrogen and oxygen atoms in total. The number of halogens is 6. The number of aromatic nitrogens is 3. The number of fused-ring (bicyclic) bond motifs is 1. The van der Waals surface area contributed by atoms with Crippen LogP contribution in [-0.2, 0) is 5.92 Å². The summed E-state index contributed by atoms with van der Waals surface area (Å²) in [4.78, 5) is 16.3. The number of ether oxygens (including phenoxy) is 1. The van der Waals surface area contributed by atoms with Gasteiger partial charge in [0, 0.05) is 23.2 Å². The molecule has 4 aromatic rings. The third kappa shape index (κ3) is 5.40. The molecule has 216 valence electrons. The summed E-state index contributed by atoms with van der Waals surface area (Å²) in [5.41, 5.74) is 6.49. The van der Waals surface area contributed by atoms with Crippen LogP contribution in [0.3, 0.4) is 0 Å². The third-order valence-electron chi connectivity index (χ3n) is 7.07. The Morgan fingerprint density at radius 3 is 2.49 bits per heavy atom. The average Bonchev–Trinajstić information content (AvgIpc) is 3.65. The Morgan fingerprint density at radius 1 is 1.15 bits per heavy atom. The quantitative estimate of drug-likeness (QED) is 0.227. The van der Waals surface area contributed by atoms with Crippen LogP contribution in [0.4, 0.5) is 32.0 Å². The zero-order valence-electron chi connectivity index (χ0n) is 22.0. The Balaban J connectivity index is 1.69. The van der Waals surface area contributed by atoms with E-state index < -0.39 is 48.0 Å². The van der Waals surface area contributed by atoms with Crippen molar-refractivity contribution in [2.45, 2.75) is 44.2 Å². The third-order valence-corrected chi connectivity index (χ3v) is 7.07. The standard InChI is InChI=1S/C28H25F6N5O2/c1-14-17(25(35)40)6-7-18(24(14)15-3-4-15)21-13-37-26-20(36-10-9-27(30,31)32)12-23(38-39(21)26)28(33,34)16-5-8-22(41-2)19(29)11-16/h5-8,11-13,15,36H,3-4,9-10H2,1-2H3,(H2,35,40). The maximum atomic E-state index is 15.8. The van der Waals surface area contributed by atoms with Crippen molar-refractivity contribution in [3.05, 3.63) is 76.4 Å². The van der Waals surface area contributed by atoms with Gasteiger partial charge in [0.25, 0.3) is 0 Å². The predicted octanol–water partition coefficient (Wildman–Crippen LogP) is 6.33. The van der Waals surface area contributed by atoms with Gasteiger partial charge in [-0.3, -0.25) is 4.79 Å². The molecule has 1 aliphatic carbocycles. The highest BCUT2D eigenvalue weighted by Gasteiger charge is 2.39. The molecule has 3 N–H and O–H groups in total. The number of anilines is 1. The number of methoxy groups -OCH3 is 1. The molecule has 0 spiro atoms. The number of primary amides is 1. The van der Waals surface area contributed by atoms with Gasteiger partial charge in [0.15, 0.2) is 17.2 Å². The lowest BCUT2D eigenvalue weighted by Gasteiger charge is -2.20. The fourth-order valence-corrected chi connectivity index (χ4v) is 4.90. The molecular weight excluding hydrogens is 552 g/mol. The summed E-state index contributed by atoms with van der Waals surface area (Å²) in [6.45, 7) is 1.14. The molecule has 2 aromatic carbocycles. The lowest BCUT2D eigenvalue weighted by atomic mass is 9.92. The zero-order valence-corrected chi connectivity index (χ0v) is 22.0. The van der Waals surface area contributed by atoms with E-state index in [4.69, 9.17) is 10.5 Å². The molecule has 1 amide bonds. The Labute approximate surface area is 230 Å². The van der Waals surface area contributed by atoms with E-state index in [-0.39, 0.29) is 23.0 Å². The van der Waals surface area contributed by atoms with E-state index in [0.29, 0.717) is 28.5 Å². The van der Waals surface area contributed by atoms with Crippen LogP contribution in [0, 0.1) is 12.7 Å². The lowest BCUT2D eigenvalue weighted by molar-refractivity contribution is -0.131. The van der Waals surface area contributed by atoms with Crippen LogP contribution < -0.4 is 15.8 Å². The molecule has 0 bridgehead atoms. The molecule has 5 rings (SSSR count). The molecule has 1 aliphatic rings. The topological polar surface area (TPSA) is 94.5 Å². The number of alkyl halides is 5. The predicted molar refractivity (Wildman–Crippen MR) is 139 cm³/mol. The van der Waals surface area contributed by atoms with Crippen LogP contribution in [0.15, 0.2) is 42.6 Å². The Kier molecular flexibility index (Phi) is 7.08. The Hall–Kier alpha value is -4.29. The second-order valence-electron chi connectivity index (χ2n) is 9.88. The summed E-state index contributed by atoms with van der Waals surface area (Å²) >= 11 is 0. The number of benzene rings is 2. The highest BCUT2D eigenvalue weighted by molar-refractivity contribution is 5.95. The number of carbonyl (C=O) groups excluding carboxylic acids is 1. The Morgan fingerprint density at radius 2 is 1.88 bits per heavy atom. The van der Waals surface area contributed by atoms with Crippen LogP contribution in [0.25, 0.3) is 16.9 Å². The van der Waals surface area contributed by atoms with Gasteiger partial charge < -0.3 is 15.8 Å². The number of nitrogens with one attached hydrogen (secondary N) is 1. The van der Waals surface area contributed by atoms with Crippen molar-refractivity contribution < 1.29 is 35.9 Å². The lowest BCUT2D eigenvalue weighted by Crippen LogP contribution is -2.21. The number of carbonyl (C=O) groups is 1. The van der Waals surface area contributed by atoms with E-state index in [0.717, 1.165) is 41.1 Å². The number of rotatable bonds is 9. The SMILES string of the molecule is COc1ccc(C(F)(F)c2cc(NCCC(F)(F)F)c3ncc(-c4ccc(C(N)=O)c(C)c4C4CC4)n3n2)cc1F. The van der Waals surface area contributed by atoms with Gasteiger partial charge in [-0.25, -0.2) is 13.9 Å². The van der Waals surface area contributed by atoms with E-state index in [1.165, 1.54) is 19.4 Å². The number of nitrogens with two attached hydrogens (primary N) is 1. The minimum atomic E-state index is -4.48. The van der Waals surface area contributed by atoms with Crippen molar-refractivity contribution >= 4 is 17.2 Å². The molecule has 1 fully saturated rings. The summed E-state index contributed by atoms with van der Waals surface area (Å²) < 4.78 is 90.5. The van der Waals surface area contributed by atoms with Crippen LogP contribution in [-0.4, -0.2) is 40.3 Å². The van der Waals surface area contributed by atoms with E-state index in [1.54, 1.807) is 13.0 Å². The maximum Gasteiger partial charge on any atom is 0.390 e. The minimum absolute atomic E-state index is 0.0148. The fourth-order valence-electron chi connectivity index (χ4n) is 4.90. The van der Waals surface area contributed by atoms with Crippen molar-refractivity contribution in [3.63, 3.8) is 0 Å². The molecular formula is C28H25F6N5O2. The van der Waals surface area contributed by atoms with Gasteiger partial charge in [0.05, 0.1) is 31.1 Å². The van der Waals surface area contributed by atoms with Gasteiger partial charge in [-0.05, 0) is 67.1 Å². The summed E-state index contributed by atoms with van der Waals surface area (Å²) in [5, 5.41) is 6.71. The molecule has 0 unspecified atom stereocenters. The smallest absolute Gasteiger partial charge is 0.390 e. The van der Waals surface area contributed by atoms with Crippen molar-refractivity contribution in [3.8, 4) is 17.0 Å². The maximum absolute atomic E-state index is 15.8. The van der Waals surface area contributed by atoms with Crippen LogP contribution in [0.2, 0.25) is 0 Å². The van der Waals surface area contributed by atoms with E-state index in [2.05, 4.69) is 15.4 Å². The molecule has 0 atom stereocenters. The largest absolute Gasteiger partial charge is 0.494 e. The summed E-state index contributed by atoms with van der Waals surface area (Å²) in [6, 6.07) is 6.72. The highest BCUT2D eigenvalue weighted by atomic mass is 19.4. The van der Waals surface area contributed by atoms with Gasteiger partial charge in [-0.2, -0.15) is 27.1 Å². The van der Waals surface area contributed by atoms with Crippen molar-refractivity contribution in [1.29, 1.82) is 0 Å². The second-order valence-corrected chi connectivity index (χ2v) is 9.88. The molecule has 0 saturated heterocycles. The molecule has 2 heterocycles. The molecule has 41 heavy (non-hydrogen) atoms. The molecule has 2 aromatic heterocycles. The molecule has 0 radical (unpaired) electrons. The number of nitrogens with zero attached hydrogens (tertiary/aromatic N) is 3. The van der Waals surface area contributed by atoms with E-state index in [9.17, 15) is 22.4 Å².